The molecule has 0 spiro atoms. The summed E-state index contributed by atoms with van der Waals surface area (Å²) in [4.78, 5) is 8.72. The Bertz CT molecular complexity index is 810. The van der Waals surface area contributed by atoms with Crippen LogP contribution in [0.5, 0.6) is 5.75 Å². The molecule has 1 aliphatic rings. The van der Waals surface area contributed by atoms with E-state index < -0.39 is 5.54 Å². The fraction of sp³-hybridized carbons (Fsp3) is 0.353. The van der Waals surface area contributed by atoms with Gasteiger partial charge < -0.3 is 15.0 Å². The van der Waals surface area contributed by atoms with Crippen LogP contribution in [0.1, 0.15) is 37.2 Å². The zero-order valence-corrected chi connectivity index (χ0v) is 14.0. The van der Waals surface area contributed by atoms with Gasteiger partial charge in [0.25, 0.3) is 5.89 Å². The van der Waals surface area contributed by atoms with Gasteiger partial charge >= 0.3 is 0 Å². The Morgan fingerprint density at radius 1 is 1.29 bits per heavy atom. The molecule has 2 aromatic heterocycles. The van der Waals surface area contributed by atoms with E-state index in [1.807, 2.05) is 29.6 Å². The number of thiazole rings is 1. The van der Waals surface area contributed by atoms with Gasteiger partial charge in [0.05, 0.1) is 16.7 Å². The van der Waals surface area contributed by atoms with Gasteiger partial charge in [-0.15, -0.1) is 11.3 Å². The third-order valence-electron chi connectivity index (χ3n) is 4.32. The monoisotopic (exact) mass is 342 g/mol. The van der Waals surface area contributed by atoms with Crippen molar-refractivity contribution in [2.24, 2.45) is 5.73 Å². The summed E-state index contributed by atoms with van der Waals surface area (Å²) < 4.78 is 11.2. The molecule has 3 aromatic rings. The highest BCUT2D eigenvalue weighted by atomic mass is 32.1. The lowest BCUT2D eigenvalue weighted by Gasteiger charge is -2.17. The summed E-state index contributed by atoms with van der Waals surface area (Å²) in [5.41, 5.74) is 9.48. The number of ether oxygens (including phenoxy) is 1. The van der Waals surface area contributed by atoms with E-state index in [0.29, 0.717) is 18.3 Å². The van der Waals surface area contributed by atoms with E-state index in [-0.39, 0.29) is 0 Å². The van der Waals surface area contributed by atoms with E-state index in [0.717, 1.165) is 42.7 Å². The molecule has 0 unspecified atom stereocenters. The maximum atomic E-state index is 6.39. The first-order valence-electron chi connectivity index (χ1n) is 7.96. The molecule has 2 heterocycles. The number of rotatable bonds is 5. The van der Waals surface area contributed by atoms with Crippen molar-refractivity contribution < 1.29 is 9.26 Å². The van der Waals surface area contributed by atoms with E-state index >= 15 is 0 Å². The number of hydrogen-bond donors (Lipinski definition) is 1. The quantitative estimate of drug-likeness (QED) is 0.763. The molecular formula is C17H18N4O2S. The SMILES string of the molecule is NC1(c2noc(-c3cccc(OCc4cscn4)c3)n2)CCCC1. The van der Waals surface area contributed by atoms with Gasteiger partial charge in [-0.2, -0.15) is 4.98 Å². The van der Waals surface area contributed by atoms with Crippen molar-refractivity contribution in [2.75, 3.05) is 0 Å². The minimum Gasteiger partial charge on any atom is -0.487 e. The molecule has 0 saturated heterocycles. The molecule has 6 nitrogen and oxygen atoms in total. The van der Waals surface area contributed by atoms with E-state index in [1.54, 1.807) is 16.8 Å². The third-order valence-corrected chi connectivity index (χ3v) is 4.95. The lowest BCUT2D eigenvalue weighted by atomic mass is 9.99. The highest BCUT2D eigenvalue weighted by Gasteiger charge is 2.36. The van der Waals surface area contributed by atoms with Crippen molar-refractivity contribution in [3.8, 4) is 17.2 Å². The first-order chi connectivity index (χ1) is 11.7. The summed E-state index contributed by atoms with van der Waals surface area (Å²) in [6, 6.07) is 7.62. The number of nitrogens with zero attached hydrogens (tertiary/aromatic N) is 3. The van der Waals surface area contributed by atoms with E-state index in [2.05, 4.69) is 15.1 Å². The van der Waals surface area contributed by atoms with Gasteiger partial charge in [-0.05, 0) is 31.0 Å². The second-order valence-corrected chi connectivity index (χ2v) is 6.80. The number of nitrogens with two attached hydrogens (primary N) is 1. The highest BCUT2D eigenvalue weighted by molar-refractivity contribution is 7.07. The van der Waals surface area contributed by atoms with E-state index in [1.165, 1.54) is 0 Å². The second-order valence-electron chi connectivity index (χ2n) is 6.08. The lowest BCUT2D eigenvalue weighted by Crippen LogP contribution is -2.34. The summed E-state index contributed by atoms with van der Waals surface area (Å²) >= 11 is 1.55. The molecule has 124 valence electrons. The standard InChI is InChI=1S/C17H18N4O2S/c18-17(6-1-2-7-17)16-20-15(23-21-16)12-4-3-5-14(8-12)22-9-13-10-24-11-19-13/h3-5,8,10-11H,1-2,6-7,9,18H2. The summed E-state index contributed by atoms with van der Waals surface area (Å²) in [6.45, 7) is 0.438. The van der Waals surface area contributed by atoms with Crippen LogP contribution in [0.15, 0.2) is 39.7 Å². The van der Waals surface area contributed by atoms with Crippen LogP contribution in [0.4, 0.5) is 0 Å². The molecule has 1 saturated carbocycles. The molecule has 0 aliphatic heterocycles. The predicted molar refractivity (Wildman–Crippen MR) is 90.5 cm³/mol. The summed E-state index contributed by atoms with van der Waals surface area (Å²) in [6.07, 6.45) is 4.03. The van der Waals surface area contributed by atoms with Crippen molar-refractivity contribution in [3.05, 3.63) is 46.7 Å². The normalized spacial score (nSPS) is 16.4. The Kier molecular flexibility index (Phi) is 4.03. The average Bonchev–Trinajstić information content (AvgIpc) is 3.35. The number of hydrogen-bond acceptors (Lipinski definition) is 7. The summed E-state index contributed by atoms with van der Waals surface area (Å²) in [5.74, 6) is 1.81. The zero-order valence-electron chi connectivity index (χ0n) is 13.1. The molecular weight excluding hydrogens is 324 g/mol. The molecule has 7 heteroatoms. The first-order valence-corrected chi connectivity index (χ1v) is 8.91. The minimum atomic E-state index is -0.444. The van der Waals surface area contributed by atoms with E-state index in [4.69, 9.17) is 15.0 Å². The smallest absolute Gasteiger partial charge is 0.258 e. The van der Waals surface area contributed by atoms with Crippen LogP contribution in [-0.2, 0) is 12.1 Å². The van der Waals surface area contributed by atoms with Gasteiger partial charge in [-0.25, -0.2) is 4.98 Å². The zero-order chi connectivity index (χ0) is 16.4. The van der Waals surface area contributed by atoms with Crippen molar-refractivity contribution >= 4 is 11.3 Å². The van der Waals surface area contributed by atoms with Gasteiger partial charge in [0.1, 0.15) is 12.4 Å². The van der Waals surface area contributed by atoms with Crippen molar-refractivity contribution in [2.45, 2.75) is 37.8 Å². The Balaban J connectivity index is 1.52. The fourth-order valence-corrected chi connectivity index (χ4v) is 3.50. The Morgan fingerprint density at radius 2 is 2.17 bits per heavy atom. The summed E-state index contributed by atoms with van der Waals surface area (Å²) in [5, 5.41) is 6.07. The maximum Gasteiger partial charge on any atom is 0.258 e. The number of aromatic nitrogens is 3. The number of benzene rings is 1. The Labute approximate surface area is 143 Å². The Hall–Kier alpha value is -2.25. The highest BCUT2D eigenvalue weighted by Crippen LogP contribution is 2.35. The van der Waals surface area contributed by atoms with Gasteiger partial charge in [-0.3, -0.25) is 0 Å². The molecule has 2 N–H and O–H groups in total. The molecule has 0 amide bonds. The third kappa shape index (κ3) is 3.05. The first kappa shape index (κ1) is 15.3. The van der Waals surface area contributed by atoms with Crippen molar-refractivity contribution in [3.63, 3.8) is 0 Å². The molecule has 1 aromatic carbocycles. The lowest BCUT2D eigenvalue weighted by molar-refractivity contribution is 0.302. The van der Waals surface area contributed by atoms with Gasteiger partial charge in [0.15, 0.2) is 5.82 Å². The topological polar surface area (TPSA) is 87.1 Å². The summed E-state index contributed by atoms with van der Waals surface area (Å²) in [7, 11) is 0. The van der Waals surface area contributed by atoms with Crippen LogP contribution in [0.25, 0.3) is 11.5 Å². The van der Waals surface area contributed by atoms with Crippen LogP contribution >= 0.6 is 11.3 Å². The molecule has 0 atom stereocenters. The Morgan fingerprint density at radius 3 is 2.96 bits per heavy atom. The molecule has 0 radical (unpaired) electrons. The van der Waals surface area contributed by atoms with Crippen molar-refractivity contribution in [1.82, 2.24) is 15.1 Å². The fourth-order valence-electron chi connectivity index (χ4n) is 2.96. The maximum absolute atomic E-state index is 6.39. The van der Waals surface area contributed by atoms with Gasteiger partial charge in [0, 0.05) is 10.9 Å². The second kappa shape index (κ2) is 6.33. The average molecular weight is 342 g/mol. The van der Waals surface area contributed by atoms with Crippen LogP contribution in [0.3, 0.4) is 0 Å². The largest absolute Gasteiger partial charge is 0.487 e. The molecule has 1 fully saturated rings. The molecule has 4 rings (SSSR count). The van der Waals surface area contributed by atoms with Crippen LogP contribution in [-0.4, -0.2) is 15.1 Å². The molecule has 1 aliphatic carbocycles. The minimum absolute atomic E-state index is 0.438. The van der Waals surface area contributed by atoms with Crippen molar-refractivity contribution in [1.29, 1.82) is 0 Å². The van der Waals surface area contributed by atoms with Crippen LogP contribution in [0.2, 0.25) is 0 Å². The van der Waals surface area contributed by atoms with E-state index in [9.17, 15) is 0 Å². The van der Waals surface area contributed by atoms with Gasteiger partial charge in [-0.1, -0.05) is 24.1 Å². The predicted octanol–water partition coefficient (Wildman–Crippen LogP) is 3.50. The molecule has 24 heavy (non-hydrogen) atoms. The van der Waals surface area contributed by atoms with Crippen LogP contribution in [0, 0.1) is 0 Å². The van der Waals surface area contributed by atoms with Crippen LogP contribution < -0.4 is 10.5 Å². The van der Waals surface area contributed by atoms with Gasteiger partial charge in [0.2, 0.25) is 0 Å². The molecule has 0 bridgehead atoms.